The van der Waals surface area contributed by atoms with Gasteiger partial charge in [0, 0.05) is 24.4 Å². The fraction of sp³-hybridized carbons (Fsp3) is 0.143. The van der Waals surface area contributed by atoms with Crippen molar-refractivity contribution >= 4 is 5.91 Å². The van der Waals surface area contributed by atoms with E-state index in [0.29, 0.717) is 17.1 Å². The largest absolute Gasteiger partial charge is 0.457 e. The molecule has 1 aromatic heterocycles. The quantitative estimate of drug-likeness (QED) is 0.675. The smallest absolute Gasteiger partial charge is 0.251 e. The molecule has 27 heavy (non-hydrogen) atoms. The molecule has 2 aromatic carbocycles. The summed E-state index contributed by atoms with van der Waals surface area (Å²) in [6.45, 7) is 0.159. The van der Waals surface area contributed by atoms with Crippen molar-refractivity contribution in [2.24, 2.45) is 0 Å². The number of aliphatic hydroxyl groups excluding tert-OH is 1. The average Bonchev–Trinajstić information content (AvgIpc) is 2.69. The Morgan fingerprint density at radius 1 is 0.963 bits per heavy atom. The molecule has 0 radical (unpaired) electrons. The maximum Gasteiger partial charge on any atom is 0.251 e. The standard InChI is InChI=1S/C21H20N2O4/c24-17(15-23-13-5-4-8-20(23)25)14-22-21(26)16-9-11-19(12-10-16)27-18-6-2-1-3-7-18/h1-13,17,24H,14-15H2,(H,22,26). The van der Waals surface area contributed by atoms with E-state index in [0.717, 1.165) is 0 Å². The monoisotopic (exact) mass is 364 g/mol. The van der Waals surface area contributed by atoms with Crippen LogP contribution >= 0.6 is 0 Å². The number of nitrogens with zero attached hydrogens (tertiary/aromatic N) is 1. The zero-order chi connectivity index (χ0) is 19.1. The summed E-state index contributed by atoms with van der Waals surface area (Å²) in [4.78, 5) is 23.8. The van der Waals surface area contributed by atoms with Crippen molar-refractivity contribution in [3.05, 3.63) is 94.9 Å². The Bertz CT molecular complexity index is 936. The number of amides is 1. The van der Waals surface area contributed by atoms with Crippen LogP contribution in [0.15, 0.2) is 83.8 Å². The summed E-state index contributed by atoms with van der Waals surface area (Å²) in [5.74, 6) is 1.04. The van der Waals surface area contributed by atoms with Crippen molar-refractivity contribution in [3.8, 4) is 11.5 Å². The third-order valence-corrected chi connectivity index (χ3v) is 3.90. The Morgan fingerprint density at radius 2 is 1.63 bits per heavy atom. The number of aromatic nitrogens is 1. The molecule has 1 heterocycles. The minimum Gasteiger partial charge on any atom is -0.457 e. The molecule has 0 aliphatic heterocycles. The number of carbonyl (C=O) groups excluding carboxylic acids is 1. The highest BCUT2D eigenvalue weighted by Gasteiger charge is 2.10. The van der Waals surface area contributed by atoms with Crippen LogP contribution in [0.25, 0.3) is 0 Å². The average molecular weight is 364 g/mol. The number of pyridine rings is 1. The van der Waals surface area contributed by atoms with Gasteiger partial charge in [-0.05, 0) is 42.5 Å². The Kier molecular flexibility index (Phi) is 6.02. The zero-order valence-corrected chi connectivity index (χ0v) is 14.6. The molecule has 138 valence electrons. The van der Waals surface area contributed by atoms with Gasteiger partial charge in [-0.1, -0.05) is 24.3 Å². The predicted octanol–water partition coefficient (Wildman–Crippen LogP) is 2.43. The van der Waals surface area contributed by atoms with Crippen LogP contribution in [0, 0.1) is 0 Å². The lowest BCUT2D eigenvalue weighted by Gasteiger charge is -2.13. The first-order valence-corrected chi connectivity index (χ1v) is 8.56. The first-order valence-electron chi connectivity index (χ1n) is 8.56. The summed E-state index contributed by atoms with van der Waals surface area (Å²) < 4.78 is 7.08. The molecule has 1 atom stereocenters. The molecule has 3 aromatic rings. The molecule has 1 unspecified atom stereocenters. The van der Waals surface area contributed by atoms with E-state index in [2.05, 4.69) is 5.32 Å². The maximum atomic E-state index is 12.2. The molecule has 0 saturated heterocycles. The number of hydrogen-bond donors (Lipinski definition) is 2. The van der Waals surface area contributed by atoms with E-state index in [4.69, 9.17) is 4.74 Å². The van der Waals surface area contributed by atoms with E-state index in [1.165, 1.54) is 10.6 Å². The van der Waals surface area contributed by atoms with Crippen LogP contribution in [0.1, 0.15) is 10.4 Å². The summed E-state index contributed by atoms with van der Waals surface area (Å²) in [5, 5.41) is 12.7. The number of benzene rings is 2. The van der Waals surface area contributed by atoms with Gasteiger partial charge in [0.15, 0.2) is 0 Å². The fourth-order valence-electron chi connectivity index (χ4n) is 2.51. The van der Waals surface area contributed by atoms with E-state index in [1.807, 2.05) is 30.3 Å². The van der Waals surface area contributed by atoms with Gasteiger partial charge >= 0.3 is 0 Å². The molecule has 3 rings (SSSR count). The molecular weight excluding hydrogens is 344 g/mol. The zero-order valence-electron chi connectivity index (χ0n) is 14.6. The van der Waals surface area contributed by atoms with Crippen LogP contribution in [0.2, 0.25) is 0 Å². The van der Waals surface area contributed by atoms with Gasteiger partial charge in [-0.3, -0.25) is 9.59 Å². The maximum absolute atomic E-state index is 12.2. The second-order valence-electron chi connectivity index (χ2n) is 5.99. The van der Waals surface area contributed by atoms with Crippen LogP contribution in [-0.4, -0.2) is 28.2 Å². The van der Waals surface area contributed by atoms with Crippen LogP contribution in [0.5, 0.6) is 11.5 Å². The minimum absolute atomic E-state index is 0.0441. The number of rotatable bonds is 7. The fourth-order valence-corrected chi connectivity index (χ4v) is 2.51. The normalized spacial score (nSPS) is 11.6. The number of para-hydroxylation sites is 1. The van der Waals surface area contributed by atoms with Crippen molar-refractivity contribution < 1.29 is 14.6 Å². The van der Waals surface area contributed by atoms with Gasteiger partial charge in [-0.15, -0.1) is 0 Å². The number of hydrogen-bond acceptors (Lipinski definition) is 4. The summed E-state index contributed by atoms with van der Waals surface area (Å²) >= 11 is 0. The molecule has 0 aliphatic rings. The minimum atomic E-state index is -0.866. The predicted molar refractivity (Wildman–Crippen MR) is 102 cm³/mol. The van der Waals surface area contributed by atoms with Gasteiger partial charge in [0.2, 0.25) is 0 Å². The Morgan fingerprint density at radius 3 is 2.33 bits per heavy atom. The summed E-state index contributed by atoms with van der Waals surface area (Å²) in [6, 6.07) is 20.9. The van der Waals surface area contributed by atoms with E-state index in [-0.39, 0.29) is 24.6 Å². The van der Waals surface area contributed by atoms with Crippen LogP contribution in [0.3, 0.4) is 0 Å². The summed E-state index contributed by atoms with van der Waals surface area (Å²) in [5.41, 5.74) is 0.261. The number of nitrogens with one attached hydrogen (secondary N) is 1. The van der Waals surface area contributed by atoms with Crippen molar-refractivity contribution in [2.45, 2.75) is 12.6 Å². The first-order chi connectivity index (χ1) is 13.1. The molecule has 6 nitrogen and oxygen atoms in total. The Hall–Kier alpha value is -3.38. The van der Waals surface area contributed by atoms with Gasteiger partial charge in [0.1, 0.15) is 11.5 Å². The molecule has 6 heteroatoms. The molecular formula is C21H20N2O4. The lowest BCUT2D eigenvalue weighted by Crippen LogP contribution is -2.36. The van der Waals surface area contributed by atoms with Crippen LogP contribution in [-0.2, 0) is 6.54 Å². The lowest BCUT2D eigenvalue weighted by atomic mass is 10.2. The van der Waals surface area contributed by atoms with Gasteiger partial charge in [0.25, 0.3) is 11.5 Å². The van der Waals surface area contributed by atoms with E-state index in [1.54, 1.807) is 42.6 Å². The van der Waals surface area contributed by atoms with Crippen molar-refractivity contribution in [1.29, 1.82) is 0 Å². The third-order valence-electron chi connectivity index (χ3n) is 3.90. The summed E-state index contributed by atoms with van der Waals surface area (Å²) in [7, 11) is 0. The van der Waals surface area contributed by atoms with E-state index >= 15 is 0 Å². The highest BCUT2D eigenvalue weighted by molar-refractivity contribution is 5.94. The van der Waals surface area contributed by atoms with Crippen molar-refractivity contribution in [3.63, 3.8) is 0 Å². The third kappa shape index (κ3) is 5.29. The number of aliphatic hydroxyl groups is 1. The van der Waals surface area contributed by atoms with Gasteiger partial charge in [-0.25, -0.2) is 0 Å². The van der Waals surface area contributed by atoms with Crippen molar-refractivity contribution in [2.75, 3.05) is 6.54 Å². The molecule has 0 bridgehead atoms. The molecule has 0 fully saturated rings. The molecule has 0 aliphatic carbocycles. The second-order valence-corrected chi connectivity index (χ2v) is 5.99. The van der Waals surface area contributed by atoms with Crippen LogP contribution < -0.4 is 15.6 Å². The molecule has 1 amide bonds. The Labute approximate surface area is 156 Å². The van der Waals surface area contributed by atoms with Gasteiger partial charge < -0.3 is 19.7 Å². The van der Waals surface area contributed by atoms with Crippen molar-refractivity contribution in [1.82, 2.24) is 9.88 Å². The first kappa shape index (κ1) is 18.4. The molecule has 0 saturated carbocycles. The topological polar surface area (TPSA) is 80.6 Å². The summed E-state index contributed by atoms with van der Waals surface area (Å²) in [6.07, 6.45) is 0.730. The molecule has 0 spiro atoms. The second kappa shape index (κ2) is 8.82. The molecule has 2 N–H and O–H groups in total. The SMILES string of the molecule is O=C(NCC(O)Cn1ccccc1=O)c1ccc(Oc2ccccc2)cc1. The Balaban J connectivity index is 1.52. The lowest BCUT2D eigenvalue weighted by molar-refractivity contribution is 0.0903. The van der Waals surface area contributed by atoms with E-state index in [9.17, 15) is 14.7 Å². The highest BCUT2D eigenvalue weighted by Crippen LogP contribution is 2.21. The number of carbonyl (C=O) groups is 1. The van der Waals surface area contributed by atoms with E-state index < -0.39 is 6.10 Å². The van der Waals surface area contributed by atoms with Gasteiger partial charge in [-0.2, -0.15) is 0 Å². The van der Waals surface area contributed by atoms with Gasteiger partial charge in [0.05, 0.1) is 12.6 Å². The van der Waals surface area contributed by atoms with Crippen LogP contribution in [0.4, 0.5) is 0 Å². The number of ether oxygens (including phenoxy) is 1. The highest BCUT2D eigenvalue weighted by atomic mass is 16.5.